The second-order valence-corrected chi connectivity index (χ2v) is 8.73. The van der Waals surface area contributed by atoms with Gasteiger partial charge in [0, 0.05) is 23.8 Å². The molecular weight excluding hydrogens is 484 g/mol. The third kappa shape index (κ3) is 10.1. The number of amides is 1. The number of rotatable bonds is 9. The van der Waals surface area contributed by atoms with Crippen LogP contribution in [0.2, 0.25) is 0 Å². The van der Waals surface area contributed by atoms with E-state index in [2.05, 4.69) is 39.3 Å². The second kappa shape index (κ2) is 16.5. The third-order valence-corrected chi connectivity index (χ3v) is 5.57. The summed E-state index contributed by atoms with van der Waals surface area (Å²) < 4.78 is 0. The highest BCUT2D eigenvalue weighted by Gasteiger charge is 2.11. The van der Waals surface area contributed by atoms with Crippen LogP contribution < -0.4 is 5.32 Å². The molecule has 2 aromatic carbocycles. The molecule has 0 fully saturated rings. The maximum atomic E-state index is 12.9. The average Bonchev–Trinajstić information content (AvgIpc) is 3.17. The topological polar surface area (TPSA) is 81.8 Å². The van der Waals surface area contributed by atoms with Gasteiger partial charge in [-0.3, -0.25) is 9.80 Å². The number of para-hydroxylation sites is 1. The van der Waals surface area contributed by atoms with Crippen LogP contribution in [0.3, 0.4) is 0 Å². The lowest BCUT2D eigenvalue weighted by Gasteiger charge is -2.17. The Morgan fingerprint density at radius 1 is 1.15 bits per heavy atom. The molecule has 1 aliphatic rings. The zero-order valence-electron chi connectivity index (χ0n) is 24.0. The van der Waals surface area contributed by atoms with Crippen LogP contribution in [0.25, 0.3) is 0 Å². The summed E-state index contributed by atoms with van der Waals surface area (Å²) >= 11 is 0. The highest BCUT2D eigenvalue weighted by molar-refractivity contribution is 6.06. The van der Waals surface area contributed by atoms with Gasteiger partial charge in [0.25, 0.3) is 5.91 Å². The van der Waals surface area contributed by atoms with Crippen molar-refractivity contribution in [1.82, 2.24) is 10.3 Å². The fourth-order valence-electron chi connectivity index (χ4n) is 3.64. The fraction of sp³-hybridized carbons (Fsp3) is 0.281. The summed E-state index contributed by atoms with van der Waals surface area (Å²) in [6.45, 7) is 16.8. The Kier molecular flexibility index (Phi) is 13.0. The molecule has 1 aliphatic heterocycles. The molecule has 204 valence electrons. The molecule has 1 heterocycles. The first-order valence-electron chi connectivity index (χ1n) is 13.2. The number of hydrogen-bond acceptors (Lipinski definition) is 6. The largest absolute Gasteiger partial charge is 0.310 e. The number of carbonyl (C=O) groups excluding carboxylic acids is 1. The summed E-state index contributed by atoms with van der Waals surface area (Å²) in [6.07, 6.45) is 10.2. The number of nitrogens with one attached hydrogen (secondary N) is 1. The number of benzene rings is 2. The van der Waals surface area contributed by atoms with E-state index in [1.165, 1.54) is 0 Å². The number of hydrazone groups is 1. The monoisotopic (exact) mass is 524 g/mol. The molecule has 0 aliphatic carbocycles. The van der Waals surface area contributed by atoms with Crippen LogP contribution in [0.1, 0.15) is 62.5 Å². The maximum Gasteiger partial charge on any atom is 0.256 e. The molecule has 2 aromatic rings. The van der Waals surface area contributed by atoms with E-state index in [0.29, 0.717) is 30.9 Å². The number of hydrogen-bond donors (Lipinski definition) is 1. The highest BCUT2D eigenvalue weighted by Crippen LogP contribution is 2.18. The minimum atomic E-state index is -0.214. The molecule has 39 heavy (non-hydrogen) atoms. The van der Waals surface area contributed by atoms with E-state index in [4.69, 9.17) is 5.10 Å². The van der Waals surface area contributed by atoms with Gasteiger partial charge in [0.05, 0.1) is 30.7 Å². The van der Waals surface area contributed by atoms with Crippen molar-refractivity contribution in [2.45, 2.75) is 54.5 Å². The number of allylic oxidation sites excluding steroid dienone is 4. The number of amidine groups is 1. The fourth-order valence-corrected chi connectivity index (χ4v) is 3.64. The lowest BCUT2D eigenvalue weighted by Crippen LogP contribution is -2.28. The number of azo groups is 1. The van der Waals surface area contributed by atoms with E-state index in [1.807, 2.05) is 83.2 Å². The maximum absolute atomic E-state index is 12.9. The Labute approximate surface area is 233 Å². The summed E-state index contributed by atoms with van der Waals surface area (Å²) in [6, 6.07) is 15.3. The molecule has 7 heteroatoms. The standard InChI is InChI=1S/C30H34N6O.C2H6/c1-6-8-15-29(27-17-22(3)19-31-32-20-27)35-36(7-2)21-25-13-11-14-26(18-25)30(37)34-24(5)33-28-16-10-9-12-23(28)4;1-2/h6-14,16-18,20H,2,15,19,21H2,1,3-5H3,(H,33,34,37);1-2H3/b8-6-,35-29+;. The summed E-state index contributed by atoms with van der Waals surface area (Å²) in [5.74, 6) is 0.321. The number of aliphatic imine (C=N–C) groups is 1. The van der Waals surface area contributed by atoms with Crippen molar-refractivity contribution < 1.29 is 4.79 Å². The van der Waals surface area contributed by atoms with Gasteiger partial charge in [0.15, 0.2) is 0 Å². The van der Waals surface area contributed by atoms with Gasteiger partial charge in [-0.25, -0.2) is 4.99 Å². The molecule has 7 nitrogen and oxygen atoms in total. The van der Waals surface area contributed by atoms with Crippen LogP contribution >= 0.6 is 0 Å². The molecule has 1 N–H and O–H groups in total. The van der Waals surface area contributed by atoms with Crippen LogP contribution in [0.4, 0.5) is 5.69 Å². The smallest absolute Gasteiger partial charge is 0.256 e. The van der Waals surface area contributed by atoms with Gasteiger partial charge in [-0.2, -0.15) is 15.3 Å². The van der Waals surface area contributed by atoms with Crippen LogP contribution in [0.15, 0.2) is 117 Å². The van der Waals surface area contributed by atoms with Crippen LogP contribution in [0.5, 0.6) is 0 Å². The van der Waals surface area contributed by atoms with Crippen LogP contribution in [-0.4, -0.2) is 29.0 Å². The van der Waals surface area contributed by atoms with Crippen molar-refractivity contribution >= 4 is 23.1 Å². The highest BCUT2D eigenvalue weighted by atomic mass is 16.1. The first-order chi connectivity index (χ1) is 18.9. The van der Waals surface area contributed by atoms with Crippen LogP contribution in [-0.2, 0) is 6.54 Å². The van der Waals surface area contributed by atoms with Gasteiger partial charge in [0.2, 0.25) is 0 Å². The minimum absolute atomic E-state index is 0.214. The predicted octanol–water partition coefficient (Wildman–Crippen LogP) is 8.06. The molecule has 0 spiro atoms. The van der Waals surface area contributed by atoms with Gasteiger partial charge in [-0.1, -0.05) is 69.0 Å². The Bertz CT molecular complexity index is 1310. The zero-order valence-corrected chi connectivity index (χ0v) is 24.0. The number of carbonyl (C=O) groups is 1. The van der Waals surface area contributed by atoms with Gasteiger partial charge in [-0.15, -0.1) is 0 Å². The molecular formula is C32H40N6O. The molecule has 3 rings (SSSR count). The van der Waals surface area contributed by atoms with Crippen molar-refractivity contribution in [3.63, 3.8) is 0 Å². The SMILES string of the molecule is C=CN(Cc1cccc(C(=O)NC(C)=Nc2ccccc2C)c1)/N=C(\C/C=C\C)C1=CN=NCC(C)=C1.CC. The molecule has 0 aromatic heterocycles. The summed E-state index contributed by atoms with van der Waals surface area (Å²) in [7, 11) is 0. The Morgan fingerprint density at radius 2 is 1.92 bits per heavy atom. The zero-order chi connectivity index (χ0) is 28.6. The van der Waals surface area contributed by atoms with Gasteiger partial charge in [0.1, 0.15) is 5.84 Å². The summed E-state index contributed by atoms with van der Waals surface area (Å²) in [4.78, 5) is 17.4. The van der Waals surface area contributed by atoms with E-state index >= 15 is 0 Å². The number of nitrogens with zero attached hydrogens (tertiary/aromatic N) is 5. The van der Waals surface area contributed by atoms with Gasteiger partial charge in [-0.05, 0) is 62.6 Å². The second-order valence-electron chi connectivity index (χ2n) is 8.73. The molecule has 0 unspecified atom stereocenters. The molecule has 0 saturated heterocycles. The van der Waals surface area contributed by atoms with Crippen molar-refractivity contribution in [3.8, 4) is 0 Å². The van der Waals surface area contributed by atoms with Crippen LogP contribution in [0, 0.1) is 6.92 Å². The first kappa shape index (κ1) is 30.8. The molecule has 0 radical (unpaired) electrons. The summed E-state index contributed by atoms with van der Waals surface area (Å²) in [5.41, 5.74) is 6.24. The third-order valence-electron chi connectivity index (χ3n) is 5.57. The van der Waals surface area contributed by atoms with Gasteiger partial charge >= 0.3 is 0 Å². The van der Waals surface area contributed by atoms with E-state index in [-0.39, 0.29) is 5.91 Å². The van der Waals surface area contributed by atoms with E-state index in [1.54, 1.807) is 30.4 Å². The average molecular weight is 525 g/mol. The van der Waals surface area contributed by atoms with E-state index < -0.39 is 0 Å². The predicted molar refractivity (Wildman–Crippen MR) is 163 cm³/mol. The quantitative estimate of drug-likeness (QED) is 0.156. The molecule has 0 bridgehead atoms. The van der Waals surface area contributed by atoms with E-state index in [9.17, 15) is 4.79 Å². The molecule has 0 saturated carbocycles. The lowest BCUT2D eigenvalue weighted by molar-refractivity contribution is 0.0976. The van der Waals surface area contributed by atoms with Crippen molar-refractivity contribution in [2.75, 3.05) is 6.54 Å². The van der Waals surface area contributed by atoms with E-state index in [0.717, 1.165) is 33.7 Å². The Morgan fingerprint density at radius 3 is 2.64 bits per heavy atom. The van der Waals surface area contributed by atoms with Gasteiger partial charge < -0.3 is 5.32 Å². The molecule has 0 atom stereocenters. The molecule has 1 amide bonds. The van der Waals surface area contributed by atoms with Crippen molar-refractivity contribution in [3.05, 3.63) is 114 Å². The number of aryl methyl sites for hydroxylation is 1. The lowest BCUT2D eigenvalue weighted by atomic mass is 10.1. The minimum Gasteiger partial charge on any atom is -0.310 e. The first-order valence-corrected chi connectivity index (χ1v) is 13.2. The Hall–Kier alpha value is -4.39. The van der Waals surface area contributed by atoms with Crippen molar-refractivity contribution in [2.24, 2.45) is 20.3 Å². The Balaban J connectivity index is 0.00000260. The normalized spacial score (nSPS) is 13.6. The van der Waals surface area contributed by atoms with Crippen molar-refractivity contribution in [1.29, 1.82) is 0 Å². The summed E-state index contributed by atoms with van der Waals surface area (Å²) in [5, 5.41) is 17.8.